The van der Waals surface area contributed by atoms with Crippen LogP contribution in [-0.4, -0.2) is 31.3 Å². The van der Waals surface area contributed by atoms with E-state index in [2.05, 4.69) is 25.2 Å². The molecule has 6 nitrogen and oxygen atoms in total. The summed E-state index contributed by atoms with van der Waals surface area (Å²) >= 11 is 0. The van der Waals surface area contributed by atoms with Crippen LogP contribution >= 0.6 is 0 Å². The molecule has 0 aromatic carbocycles. The molecule has 0 fully saturated rings. The maximum absolute atomic E-state index is 12.0. The van der Waals surface area contributed by atoms with E-state index in [0.29, 0.717) is 13.0 Å². The fourth-order valence-corrected chi connectivity index (χ4v) is 3.14. The summed E-state index contributed by atoms with van der Waals surface area (Å²) in [6, 6.07) is 6.28. The minimum atomic E-state index is 0.0989. The largest absolute Gasteiger partial charge is 0.354 e. The number of nitrogens with one attached hydrogen (secondary N) is 1. The molecule has 0 saturated heterocycles. The average Bonchev–Trinajstić information content (AvgIpc) is 3.22. The number of aromatic nitrogens is 4. The maximum atomic E-state index is 12.0. The molecule has 0 spiro atoms. The first kappa shape index (κ1) is 18.2. The molecule has 0 radical (unpaired) electrons. The molecular formula is C20H27N5O. The Morgan fingerprint density at radius 1 is 1.27 bits per heavy atom. The van der Waals surface area contributed by atoms with Gasteiger partial charge in [-0.25, -0.2) is 9.67 Å². The fourth-order valence-electron chi connectivity index (χ4n) is 3.14. The number of fused-ring (bicyclic) bond motifs is 1. The SMILES string of the molecule is CCC(C)NC(=O)CCCn1nc(-n2cccc2)c2c(C)cc(C)nc21. The molecule has 26 heavy (non-hydrogen) atoms. The molecule has 6 heteroatoms. The molecule has 0 aliphatic carbocycles. The molecule has 3 aromatic rings. The maximum Gasteiger partial charge on any atom is 0.220 e. The summed E-state index contributed by atoms with van der Waals surface area (Å²) in [7, 11) is 0. The predicted octanol–water partition coefficient (Wildman–Crippen LogP) is 3.53. The molecule has 1 N–H and O–H groups in total. The lowest BCUT2D eigenvalue weighted by molar-refractivity contribution is -0.121. The van der Waals surface area contributed by atoms with Gasteiger partial charge in [-0.15, -0.1) is 0 Å². The van der Waals surface area contributed by atoms with E-state index >= 15 is 0 Å². The van der Waals surface area contributed by atoms with Gasteiger partial charge in [0, 0.05) is 37.1 Å². The van der Waals surface area contributed by atoms with Crippen LogP contribution in [0, 0.1) is 13.8 Å². The molecule has 0 bridgehead atoms. The standard InChI is InChI=1S/C20H27N5O/c1-5-15(3)21-17(26)9-8-12-25-19-18(14(2)13-16(4)22-19)20(23-25)24-10-6-7-11-24/h6-7,10-11,13,15H,5,8-9,12H2,1-4H3,(H,21,26). The van der Waals surface area contributed by atoms with Gasteiger partial charge in [0.1, 0.15) is 0 Å². The number of nitrogens with zero attached hydrogens (tertiary/aromatic N) is 4. The lowest BCUT2D eigenvalue weighted by Crippen LogP contribution is -2.31. The molecular weight excluding hydrogens is 326 g/mol. The number of hydrogen-bond acceptors (Lipinski definition) is 3. The van der Waals surface area contributed by atoms with Crippen molar-refractivity contribution in [3.63, 3.8) is 0 Å². The van der Waals surface area contributed by atoms with Gasteiger partial charge >= 0.3 is 0 Å². The summed E-state index contributed by atoms with van der Waals surface area (Å²) in [5, 5.41) is 8.87. The summed E-state index contributed by atoms with van der Waals surface area (Å²) < 4.78 is 3.94. The van der Waals surface area contributed by atoms with Crippen LogP contribution in [0.2, 0.25) is 0 Å². The van der Waals surface area contributed by atoms with Crippen LogP contribution in [0.15, 0.2) is 30.6 Å². The fraction of sp³-hybridized carbons (Fsp3) is 0.450. The van der Waals surface area contributed by atoms with Crippen LogP contribution in [0.1, 0.15) is 44.4 Å². The third-order valence-corrected chi connectivity index (χ3v) is 4.65. The van der Waals surface area contributed by atoms with Crippen molar-refractivity contribution in [2.45, 2.75) is 59.5 Å². The van der Waals surface area contributed by atoms with Gasteiger partial charge in [-0.1, -0.05) is 6.92 Å². The Labute approximate surface area is 154 Å². The van der Waals surface area contributed by atoms with Gasteiger partial charge in [0.2, 0.25) is 5.91 Å². The summed E-state index contributed by atoms with van der Waals surface area (Å²) in [6.07, 6.45) is 6.16. The van der Waals surface area contributed by atoms with Crippen LogP contribution in [-0.2, 0) is 11.3 Å². The Morgan fingerprint density at radius 2 is 2.00 bits per heavy atom. The van der Waals surface area contributed by atoms with Crippen LogP contribution in [0.5, 0.6) is 0 Å². The Morgan fingerprint density at radius 3 is 2.69 bits per heavy atom. The van der Waals surface area contributed by atoms with E-state index in [9.17, 15) is 4.79 Å². The lowest BCUT2D eigenvalue weighted by Gasteiger charge is -2.11. The van der Waals surface area contributed by atoms with Crippen LogP contribution < -0.4 is 5.32 Å². The molecule has 0 aliphatic rings. The van der Waals surface area contributed by atoms with Crippen molar-refractivity contribution in [1.29, 1.82) is 0 Å². The van der Waals surface area contributed by atoms with Crippen molar-refractivity contribution in [2.24, 2.45) is 0 Å². The topological polar surface area (TPSA) is 64.7 Å². The average molecular weight is 353 g/mol. The van der Waals surface area contributed by atoms with Crippen molar-refractivity contribution in [1.82, 2.24) is 24.6 Å². The molecule has 0 aliphatic heterocycles. The van der Waals surface area contributed by atoms with Gasteiger partial charge in [0.05, 0.1) is 5.39 Å². The third kappa shape index (κ3) is 3.79. The number of rotatable bonds is 7. The molecule has 138 valence electrons. The van der Waals surface area contributed by atoms with Crippen LogP contribution in [0.3, 0.4) is 0 Å². The highest BCUT2D eigenvalue weighted by Gasteiger charge is 2.16. The van der Waals surface area contributed by atoms with E-state index in [1.54, 1.807) is 0 Å². The lowest BCUT2D eigenvalue weighted by atomic mass is 10.1. The first-order chi connectivity index (χ1) is 12.5. The van der Waals surface area contributed by atoms with E-state index in [1.165, 1.54) is 0 Å². The molecule has 3 rings (SSSR count). The van der Waals surface area contributed by atoms with Crippen molar-refractivity contribution < 1.29 is 4.79 Å². The zero-order chi connectivity index (χ0) is 18.7. The second-order valence-electron chi connectivity index (χ2n) is 6.90. The molecule has 3 aromatic heterocycles. The highest BCUT2D eigenvalue weighted by Crippen LogP contribution is 2.25. The normalized spacial score (nSPS) is 12.5. The van der Waals surface area contributed by atoms with Gasteiger partial charge in [-0.3, -0.25) is 4.79 Å². The monoisotopic (exact) mass is 353 g/mol. The highest BCUT2D eigenvalue weighted by molar-refractivity contribution is 5.87. The summed E-state index contributed by atoms with van der Waals surface area (Å²) in [5.74, 6) is 0.987. The number of carbonyl (C=O) groups excluding carboxylic acids is 1. The van der Waals surface area contributed by atoms with E-state index in [-0.39, 0.29) is 11.9 Å². The second kappa shape index (κ2) is 7.72. The number of amides is 1. The van der Waals surface area contributed by atoms with Crippen molar-refractivity contribution in [3.8, 4) is 5.82 Å². The van der Waals surface area contributed by atoms with Gasteiger partial charge in [0.25, 0.3) is 0 Å². The molecule has 1 atom stereocenters. The van der Waals surface area contributed by atoms with Gasteiger partial charge < -0.3 is 9.88 Å². The summed E-state index contributed by atoms with van der Waals surface area (Å²) in [5.41, 5.74) is 3.02. The van der Waals surface area contributed by atoms with Gasteiger partial charge in [-0.05, 0) is 57.4 Å². The smallest absolute Gasteiger partial charge is 0.220 e. The highest BCUT2D eigenvalue weighted by atomic mass is 16.1. The summed E-state index contributed by atoms with van der Waals surface area (Å²) in [6.45, 7) is 8.85. The number of carbonyl (C=O) groups is 1. The Bertz CT molecular complexity index is 895. The molecule has 1 amide bonds. The van der Waals surface area contributed by atoms with E-state index < -0.39 is 0 Å². The molecule has 3 heterocycles. The van der Waals surface area contributed by atoms with Crippen LogP contribution in [0.4, 0.5) is 0 Å². The number of pyridine rings is 1. The zero-order valence-corrected chi connectivity index (χ0v) is 16.0. The Hall–Kier alpha value is -2.63. The minimum absolute atomic E-state index is 0.0989. The number of hydrogen-bond donors (Lipinski definition) is 1. The van der Waals surface area contributed by atoms with E-state index in [4.69, 9.17) is 10.1 Å². The Balaban J connectivity index is 1.83. The molecule has 0 saturated carbocycles. The first-order valence-electron chi connectivity index (χ1n) is 9.27. The third-order valence-electron chi connectivity index (χ3n) is 4.65. The van der Waals surface area contributed by atoms with E-state index in [1.807, 2.05) is 47.6 Å². The van der Waals surface area contributed by atoms with E-state index in [0.717, 1.165) is 41.0 Å². The van der Waals surface area contributed by atoms with Crippen molar-refractivity contribution >= 4 is 16.9 Å². The number of aryl methyl sites for hydroxylation is 3. The first-order valence-corrected chi connectivity index (χ1v) is 9.27. The summed E-state index contributed by atoms with van der Waals surface area (Å²) in [4.78, 5) is 16.7. The minimum Gasteiger partial charge on any atom is -0.354 e. The van der Waals surface area contributed by atoms with Crippen molar-refractivity contribution in [2.75, 3.05) is 0 Å². The van der Waals surface area contributed by atoms with Crippen molar-refractivity contribution in [3.05, 3.63) is 41.9 Å². The van der Waals surface area contributed by atoms with Crippen LogP contribution in [0.25, 0.3) is 16.9 Å². The quantitative estimate of drug-likeness (QED) is 0.707. The van der Waals surface area contributed by atoms with Gasteiger partial charge in [0.15, 0.2) is 11.5 Å². The second-order valence-corrected chi connectivity index (χ2v) is 6.90. The predicted molar refractivity (Wildman–Crippen MR) is 103 cm³/mol. The Kier molecular flexibility index (Phi) is 5.40. The molecule has 1 unspecified atom stereocenters. The van der Waals surface area contributed by atoms with Gasteiger partial charge in [-0.2, -0.15) is 5.10 Å². The zero-order valence-electron chi connectivity index (χ0n) is 16.0.